The van der Waals surface area contributed by atoms with Gasteiger partial charge in [0, 0.05) is 6.20 Å². The summed E-state index contributed by atoms with van der Waals surface area (Å²) in [4.78, 5) is 31.1. The summed E-state index contributed by atoms with van der Waals surface area (Å²) in [5.41, 5.74) is 0.757. The highest BCUT2D eigenvalue weighted by Crippen LogP contribution is 2.10. The van der Waals surface area contributed by atoms with Gasteiger partial charge in [-0.3, -0.25) is 4.79 Å². The van der Waals surface area contributed by atoms with E-state index < -0.39 is 24.0 Å². The van der Waals surface area contributed by atoms with E-state index in [1.807, 2.05) is 6.92 Å². The van der Waals surface area contributed by atoms with Crippen LogP contribution in [0.15, 0.2) is 12.5 Å². The maximum Gasteiger partial charge on any atom is 0.328 e. The number of fused-ring (bicyclic) bond motifs is 1. The molecule has 2 rings (SSSR count). The van der Waals surface area contributed by atoms with E-state index in [1.54, 1.807) is 0 Å². The third-order valence-corrected chi connectivity index (χ3v) is 3.02. The van der Waals surface area contributed by atoms with Gasteiger partial charge in [0.1, 0.15) is 6.33 Å². The Bertz CT molecular complexity index is 681. The lowest BCUT2D eigenvalue weighted by Gasteiger charge is -2.17. The van der Waals surface area contributed by atoms with Gasteiger partial charge in [-0.1, -0.05) is 6.92 Å². The van der Waals surface area contributed by atoms with E-state index in [2.05, 4.69) is 20.4 Å². The number of hydrogen-bond acceptors (Lipinski definition) is 6. The zero-order valence-electron chi connectivity index (χ0n) is 11.5. The minimum Gasteiger partial charge on any atom is -0.480 e. The first-order valence-electron chi connectivity index (χ1n) is 6.35. The first-order chi connectivity index (χ1) is 9.95. The van der Waals surface area contributed by atoms with Crippen LogP contribution in [-0.2, 0) is 11.2 Å². The fourth-order valence-electron chi connectivity index (χ4n) is 1.96. The molecule has 0 aliphatic rings. The number of aromatic nitrogens is 4. The maximum absolute atomic E-state index is 12.2. The Morgan fingerprint density at radius 1 is 1.43 bits per heavy atom. The Hall–Kier alpha value is -2.55. The zero-order chi connectivity index (χ0) is 15.6. The van der Waals surface area contributed by atoms with Crippen molar-refractivity contribution in [2.24, 2.45) is 0 Å². The predicted molar refractivity (Wildman–Crippen MR) is 70.7 cm³/mol. The van der Waals surface area contributed by atoms with Crippen LogP contribution in [0.25, 0.3) is 5.78 Å². The second kappa shape index (κ2) is 5.83. The lowest BCUT2D eigenvalue weighted by molar-refractivity contribution is -0.141. The topological polar surface area (TPSA) is 130 Å². The summed E-state index contributed by atoms with van der Waals surface area (Å²) < 4.78 is 1.42. The molecule has 0 fully saturated rings. The largest absolute Gasteiger partial charge is 0.480 e. The molecule has 0 aliphatic carbocycles. The van der Waals surface area contributed by atoms with Gasteiger partial charge >= 0.3 is 5.97 Å². The number of carbonyl (C=O) groups excluding carboxylic acids is 1. The van der Waals surface area contributed by atoms with Crippen molar-refractivity contribution >= 4 is 17.7 Å². The number of aryl methyl sites for hydroxylation is 1. The van der Waals surface area contributed by atoms with Gasteiger partial charge in [-0.05, 0) is 13.3 Å². The number of aliphatic hydroxyl groups is 1. The second-order valence-electron chi connectivity index (χ2n) is 4.47. The summed E-state index contributed by atoms with van der Waals surface area (Å²) in [5, 5.41) is 24.6. The van der Waals surface area contributed by atoms with Crippen LogP contribution in [0.3, 0.4) is 0 Å². The van der Waals surface area contributed by atoms with Crippen LogP contribution in [0.5, 0.6) is 0 Å². The molecular formula is C12H15N5O4. The standard InChI is InChI=1S/C12H15N5O4/c1-3-8-7(4-13-12-14-5-15-17(8)12)10(19)16-9(6(2)18)11(20)21/h4-6,9,18H,3H2,1-2H3,(H,16,19)(H,20,21). The van der Waals surface area contributed by atoms with Gasteiger partial charge in [-0.15, -0.1) is 0 Å². The Morgan fingerprint density at radius 3 is 2.71 bits per heavy atom. The molecule has 0 saturated carbocycles. The van der Waals surface area contributed by atoms with Crippen LogP contribution in [-0.4, -0.2) is 53.8 Å². The van der Waals surface area contributed by atoms with Crippen molar-refractivity contribution in [1.29, 1.82) is 0 Å². The van der Waals surface area contributed by atoms with E-state index in [9.17, 15) is 14.7 Å². The highest BCUT2D eigenvalue weighted by molar-refractivity contribution is 5.97. The average Bonchev–Trinajstić information content (AvgIpc) is 2.90. The summed E-state index contributed by atoms with van der Waals surface area (Å²) in [7, 11) is 0. The summed E-state index contributed by atoms with van der Waals surface area (Å²) in [6.45, 7) is 3.12. The number of amides is 1. The van der Waals surface area contributed by atoms with Crippen LogP contribution in [0.2, 0.25) is 0 Å². The van der Waals surface area contributed by atoms with Crippen molar-refractivity contribution in [2.45, 2.75) is 32.4 Å². The third-order valence-electron chi connectivity index (χ3n) is 3.02. The highest BCUT2D eigenvalue weighted by atomic mass is 16.4. The lowest BCUT2D eigenvalue weighted by atomic mass is 10.1. The van der Waals surface area contributed by atoms with Crippen molar-refractivity contribution in [3.05, 3.63) is 23.8 Å². The lowest BCUT2D eigenvalue weighted by Crippen LogP contribution is -2.47. The quantitative estimate of drug-likeness (QED) is 0.661. The van der Waals surface area contributed by atoms with Crippen LogP contribution in [0, 0.1) is 0 Å². The number of aliphatic carboxylic acids is 1. The SMILES string of the molecule is CCc1c(C(=O)NC(C(=O)O)C(C)O)cnc2ncnn12. The number of carbonyl (C=O) groups is 2. The fourth-order valence-corrected chi connectivity index (χ4v) is 1.96. The maximum atomic E-state index is 12.2. The van der Waals surface area contributed by atoms with E-state index >= 15 is 0 Å². The fraction of sp³-hybridized carbons (Fsp3) is 0.417. The monoisotopic (exact) mass is 293 g/mol. The minimum absolute atomic E-state index is 0.197. The predicted octanol–water partition coefficient (Wildman–Crippen LogP) is -0.750. The van der Waals surface area contributed by atoms with Crippen molar-refractivity contribution < 1.29 is 19.8 Å². The summed E-state index contributed by atoms with van der Waals surface area (Å²) in [6, 6.07) is -1.39. The summed E-state index contributed by atoms with van der Waals surface area (Å²) in [5.74, 6) is -1.59. The summed E-state index contributed by atoms with van der Waals surface area (Å²) in [6.07, 6.45) is 1.90. The highest BCUT2D eigenvalue weighted by Gasteiger charge is 2.27. The van der Waals surface area contributed by atoms with E-state index in [1.165, 1.54) is 24.0 Å². The molecule has 0 saturated heterocycles. The van der Waals surface area contributed by atoms with E-state index in [0.717, 1.165) is 0 Å². The van der Waals surface area contributed by atoms with Crippen molar-refractivity contribution in [2.75, 3.05) is 0 Å². The molecule has 0 radical (unpaired) electrons. The molecule has 2 unspecified atom stereocenters. The molecule has 0 aromatic carbocycles. The van der Waals surface area contributed by atoms with Crippen molar-refractivity contribution in [1.82, 2.24) is 24.9 Å². The molecule has 21 heavy (non-hydrogen) atoms. The Labute approximate surface area is 119 Å². The van der Waals surface area contributed by atoms with E-state index in [0.29, 0.717) is 17.9 Å². The molecular weight excluding hydrogens is 278 g/mol. The first kappa shape index (κ1) is 14.9. The van der Waals surface area contributed by atoms with Crippen LogP contribution >= 0.6 is 0 Å². The molecule has 3 N–H and O–H groups in total. The number of aliphatic hydroxyl groups excluding tert-OH is 1. The van der Waals surface area contributed by atoms with Crippen LogP contribution in [0.4, 0.5) is 0 Å². The van der Waals surface area contributed by atoms with E-state index in [4.69, 9.17) is 5.11 Å². The van der Waals surface area contributed by atoms with Gasteiger partial charge in [0.2, 0.25) is 0 Å². The molecule has 2 aromatic rings. The molecule has 2 atom stereocenters. The van der Waals surface area contributed by atoms with Gasteiger partial charge in [0.15, 0.2) is 6.04 Å². The number of carboxylic acid groups (broad SMARTS) is 1. The number of carboxylic acids is 1. The number of rotatable bonds is 5. The van der Waals surface area contributed by atoms with Crippen molar-refractivity contribution in [3.8, 4) is 0 Å². The molecule has 9 nitrogen and oxygen atoms in total. The third kappa shape index (κ3) is 2.82. The smallest absolute Gasteiger partial charge is 0.328 e. The number of hydrogen-bond donors (Lipinski definition) is 3. The van der Waals surface area contributed by atoms with Crippen LogP contribution in [0.1, 0.15) is 29.9 Å². The Kier molecular flexibility index (Phi) is 4.13. The second-order valence-corrected chi connectivity index (χ2v) is 4.47. The zero-order valence-corrected chi connectivity index (χ0v) is 11.5. The molecule has 2 aromatic heterocycles. The Balaban J connectivity index is 2.36. The molecule has 0 aliphatic heterocycles. The number of nitrogens with zero attached hydrogens (tertiary/aromatic N) is 4. The van der Waals surface area contributed by atoms with Gasteiger partial charge in [0.25, 0.3) is 11.7 Å². The molecule has 1 amide bonds. The van der Waals surface area contributed by atoms with E-state index in [-0.39, 0.29) is 5.56 Å². The van der Waals surface area contributed by atoms with Crippen LogP contribution < -0.4 is 5.32 Å². The van der Waals surface area contributed by atoms with Gasteiger partial charge < -0.3 is 15.5 Å². The van der Waals surface area contributed by atoms with Gasteiger partial charge in [-0.2, -0.15) is 10.1 Å². The minimum atomic E-state index is -1.39. The molecule has 2 heterocycles. The molecule has 0 spiro atoms. The van der Waals surface area contributed by atoms with Gasteiger partial charge in [-0.25, -0.2) is 14.3 Å². The molecule has 112 valence electrons. The Morgan fingerprint density at radius 2 is 2.14 bits per heavy atom. The van der Waals surface area contributed by atoms with Crippen molar-refractivity contribution in [3.63, 3.8) is 0 Å². The van der Waals surface area contributed by atoms with Gasteiger partial charge in [0.05, 0.1) is 17.4 Å². The number of nitrogens with one attached hydrogen (secondary N) is 1. The molecule has 0 bridgehead atoms. The summed E-state index contributed by atoms with van der Waals surface area (Å²) >= 11 is 0. The molecule has 9 heteroatoms. The average molecular weight is 293 g/mol. The first-order valence-corrected chi connectivity index (χ1v) is 6.35. The normalized spacial score (nSPS) is 13.9.